The Balaban J connectivity index is 1.83. The molecule has 3 rings (SSSR count). The highest BCUT2D eigenvalue weighted by Crippen LogP contribution is 2.39. The van der Waals surface area contributed by atoms with Gasteiger partial charge in [0.25, 0.3) is 0 Å². The van der Waals surface area contributed by atoms with Crippen molar-refractivity contribution in [2.24, 2.45) is 5.92 Å². The number of piperidine rings is 1. The molecule has 0 radical (unpaired) electrons. The molecule has 6 heteroatoms. The molecule has 25 heavy (non-hydrogen) atoms. The van der Waals surface area contributed by atoms with E-state index in [1.807, 2.05) is 21.9 Å². The van der Waals surface area contributed by atoms with Crippen molar-refractivity contribution < 1.29 is 19.1 Å². The first kappa shape index (κ1) is 17.6. The fourth-order valence-electron chi connectivity index (χ4n) is 3.82. The number of benzene rings is 1. The van der Waals surface area contributed by atoms with E-state index in [9.17, 15) is 9.59 Å². The first-order valence-corrected chi connectivity index (χ1v) is 8.87. The first-order valence-electron chi connectivity index (χ1n) is 8.87. The van der Waals surface area contributed by atoms with Crippen LogP contribution in [0.5, 0.6) is 11.5 Å². The lowest BCUT2D eigenvalue weighted by atomic mass is 9.92. The highest BCUT2D eigenvalue weighted by Gasteiger charge is 2.33. The number of amides is 2. The number of carbonyl (C=O) groups is 2. The third kappa shape index (κ3) is 3.43. The van der Waals surface area contributed by atoms with Crippen LogP contribution in [-0.4, -0.2) is 50.6 Å². The molecular weight excluding hydrogens is 320 g/mol. The van der Waals surface area contributed by atoms with Crippen molar-refractivity contribution >= 4 is 17.5 Å². The highest BCUT2D eigenvalue weighted by molar-refractivity contribution is 5.97. The van der Waals surface area contributed by atoms with Crippen molar-refractivity contribution in [2.75, 3.05) is 38.8 Å². The van der Waals surface area contributed by atoms with Crippen LogP contribution in [-0.2, 0) is 16.0 Å². The smallest absolute Gasteiger partial charge is 0.230 e. The van der Waals surface area contributed by atoms with E-state index in [2.05, 4.69) is 0 Å². The van der Waals surface area contributed by atoms with Gasteiger partial charge in [0.1, 0.15) is 11.5 Å². The van der Waals surface area contributed by atoms with Gasteiger partial charge in [-0.15, -0.1) is 0 Å². The second-order valence-electron chi connectivity index (χ2n) is 6.70. The standard InChI is InChI=1S/C19H26N2O4/c1-13(22)20-9-6-14(7-10-20)19(23)21-8-4-5-16-17(21)11-15(24-2)12-18(16)25-3/h11-12,14H,4-10H2,1-3H3. The highest BCUT2D eigenvalue weighted by atomic mass is 16.5. The minimum Gasteiger partial charge on any atom is -0.497 e. The van der Waals surface area contributed by atoms with Crippen molar-refractivity contribution in [1.82, 2.24) is 4.90 Å². The van der Waals surface area contributed by atoms with Gasteiger partial charge in [-0.05, 0) is 25.7 Å². The number of hydrogen-bond donors (Lipinski definition) is 0. The number of methoxy groups -OCH3 is 2. The molecule has 0 aromatic heterocycles. The molecule has 2 amide bonds. The van der Waals surface area contributed by atoms with Crippen molar-refractivity contribution in [3.63, 3.8) is 0 Å². The van der Waals surface area contributed by atoms with Crippen molar-refractivity contribution in [2.45, 2.75) is 32.6 Å². The molecule has 2 aliphatic heterocycles. The Morgan fingerprint density at radius 3 is 2.40 bits per heavy atom. The molecule has 136 valence electrons. The van der Waals surface area contributed by atoms with Crippen LogP contribution in [0.4, 0.5) is 5.69 Å². The van der Waals surface area contributed by atoms with Gasteiger partial charge in [-0.3, -0.25) is 9.59 Å². The summed E-state index contributed by atoms with van der Waals surface area (Å²) >= 11 is 0. The van der Waals surface area contributed by atoms with Crippen molar-refractivity contribution in [1.29, 1.82) is 0 Å². The molecule has 1 fully saturated rings. The minimum atomic E-state index is -0.0289. The predicted octanol–water partition coefficient (Wildman–Crippen LogP) is 2.24. The van der Waals surface area contributed by atoms with Crippen LogP contribution in [0.1, 0.15) is 31.7 Å². The SMILES string of the molecule is COc1cc(OC)c2c(c1)N(C(=O)C1CCN(C(C)=O)CC1)CCC2. The summed E-state index contributed by atoms with van der Waals surface area (Å²) < 4.78 is 10.9. The quantitative estimate of drug-likeness (QED) is 0.842. The summed E-state index contributed by atoms with van der Waals surface area (Å²) in [5.41, 5.74) is 1.98. The van der Waals surface area contributed by atoms with Gasteiger partial charge in [0.2, 0.25) is 11.8 Å². The van der Waals surface area contributed by atoms with E-state index in [1.54, 1.807) is 21.1 Å². The van der Waals surface area contributed by atoms with E-state index in [-0.39, 0.29) is 17.7 Å². The van der Waals surface area contributed by atoms with Crippen molar-refractivity contribution in [3.8, 4) is 11.5 Å². The molecule has 2 aliphatic rings. The molecule has 1 aromatic carbocycles. The number of carbonyl (C=O) groups excluding carboxylic acids is 2. The molecule has 0 atom stereocenters. The predicted molar refractivity (Wildman–Crippen MR) is 95.2 cm³/mol. The normalized spacial score (nSPS) is 17.9. The fraction of sp³-hybridized carbons (Fsp3) is 0.579. The number of ether oxygens (including phenoxy) is 2. The van der Waals surface area contributed by atoms with Gasteiger partial charge < -0.3 is 19.3 Å². The Bertz CT molecular complexity index is 666. The Morgan fingerprint density at radius 2 is 1.80 bits per heavy atom. The molecule has 1 aromatic rings. The molecule has 0 spiro atoms. The fourth-order valence-corrected chi connectivity index (χ4v) is 3.82. The van der Waals surface area contributed by atoms with Gasteiger partial charge in [0, 0.05) is 50.2 Å². The molecule has 0 aliphatic carbocycles. The largest absolute Gasteiger partial charge is 0.497 e. The number of rotatable bonds is 3. The molecule has 0 N–H and O–H groups in total. The summed E-state index contributed by atoms with van der Waals surface area (Å²) in [6, 6.07) is 3.80. The summed E-state index contributed by atoms with van der Waals surface area (Å²) in [4.78, 5) is 28.3. The van der Waals surface area contributed by atoms with E-state index >= 15 is 0 Å². The maximum Gasteiger partial charge on any atom is 0.230 e. The number of anilines is 1. The second kappa shape index (κ2) is 7.33. The number of hydrogen-bond acceptors (Lipinski definition) is 4. The molecule has 2 heterocycles. The van der Waals surface area contributed by atoms with Crippen LogP contribution in [0, 0.1) is 5.92 Å². The van der Waals surface area contributed by atoms with Gasteiger partial charge in [0.15, 0.2) is 0 Å². The Morgan fingerprint density at radius 1 is 1.08 bits per heavy atom. The van der Waals surface area contributed by atoms with E-state index in [0.29, 0.717) is 18.8 Å². The lowest BCUT2D eigenvalue weighted by molar-refractivity contribution is -0.133. The zero-order valence-corrected chi connectivity index (χ0v) is 15.2. The van der Waals surface area contributed by atoms with Crippen LogP contribution in [0.3, 0.4) is 0 Å². The zero-order valence-electron chi connectivity index (χ0n) is 15.2. The van der Waals surface area contributed by atoms with Gasteiger partial charge in [-0.1, -0.05) is 0 Å². The first-order chi connectivity index (χ1) is 12.0. The van der Waals surface area contributed by atoms with Crippen LogP contribution in [0.2, 0.25) is 0 Å². The van der Waals surface area contributed by atoms with Crippen LogP contribution in [0.25, 0.3) is 0 Å². The molecular formula is C19H26N2O4. The van der Waals surface area contributed by atoms with Gasteiger partial charge in [0.05, 0.1) is 19.9 Å². The Labute approximate surface area is 148 Å². The van der Waals surface area contributed by atoms with Crippen LogP contribution < -0.4 is 14.4 Å². The Kier molecular flexibility index (Phi) is 5.16. The minimum absolute atomic E-state index is 0.0289. The number of fused-ring (bicyclic) bond motifs is 1. The van der Waals surface area contributed by atoms with E-state index < -0.39 is 0 Å². The van der Waals surface area contributed by atoms with Crippen molar-refractivity contribution in [3.05, 3.63) is 17.7 Å². The summed E-state index contributed by atoms with van der Waals surface area (Å²) in [5, 5.41) is 0. The molecule has 6 nitrogen and oxygen atoms in total. The van der Waals surface area contributed by atoms with E-state index in [0.717, 1.165) is 49.2 Å². The summed E-state index contributed by atoms with van der Waals surface area (Å²) in [6.07, 6.45) is 3.28. The summed E-state index contributed by atoms with van der Waals surface area (Å²) in [5.74, 6) is 1.68. The monoisotopic (exact) mass is 346 g/mol. The topological polar surface area (TPSA) is 59.1 Å². The van der Waals surface area contributed by atoms with E-state index in [1.165, 1.54) is 0 Å². The number of likely N-dealkylation sites (tertiary alicyclic amines) is 1. The maximum absolute atomic E-state index is 13.1. The average Bonchev–Trinajstić information content (AvgIpc) is 2.66. The lowest BCUT2D eigenvalue weighted by Crippen LogP contribution is -2.45. The molecule has 1 saturated heterocycles. The van der Waals surface area contributed by atoms with Crippen LogP contribution >= 0.6 is 0 Å². The van der Waals surface area contributed by atoms with E-state index in [4.69, 9.17) is 9.47 Å². The zero-order chi connectivity index (χ0) is 18.0. The summed E-state index contributed by atoms with van der Waals surface area (Å²) in [7, 11) is 3.26. The number of nitrogens with zero attached hydrogens (tertiary/aromatic N) is 2. The van der Waals surface area contributed by atoms with Crippen LogP contribution in [0.15, 0.2) is 12.1 Å². The molecule has 0 unspecified atom stereocenters. The molecule has 0 saturated carbocycles. The third-order valence-corrected chi connectivity index (χ3v) is 5.27. The maximum atomic E-state index is 13.1. The summed E-state index contributed by atoms with van der Waals surface area (Å²) in [6.45, 7) is 3.62. The lowest BCUT2D eigenvalue weighted by Gasteiger charge is -2.36. The van der Waals surface area contributed by atoms with Gasteiger partial charge in [-0.2, -0.15) is 0 Å². The van der Waals surface area contributed by atoms with Gasteiger partial charge >= 0.3 is 0 Å². The van der Waals surface area contributed by atoms with Gasteiger partial charge in [-0.25, -0.2) is 0 Å². The molecule has 0 bridgehead atoms. The third-order valence-electron chi connectivity index (χ3n) is 5.27. The second-order valence-corrected chi connectivity index (χ2v) is 6.70. The average molecular weight is 346 g/mol. The Hall–Kier alpha value is -2.24.